The van der Waals surface area contributed by atoms with E-state index in [0.29, 0.717) is 6.61 Å². The molecule has 0 radical (unpaired) electrons. The molecule has 0 saturated heterocycles. The number of anilines is 1. The van der Waals surface area contributed by atoms with Crippen LogP contribution in [0, 0.1) is 0 Å². The van der Waals surface area contributed by atoms with Crippen molar-refractivity contribution >= 4 is 37.7 Å². The molecule has 3 nitrogen and oxygen atoms in total. The van der Waals surface area contributed by atoms with Crippen LogP contribution in [-0.4, -0.2) is 18.1 Å². The summed E-state index contributed by atoms with van der Waals surface area (Å²) < 4.78 is 7.72. The molecule has 1 aromatic heterocycles. The SMILES string of the molecule is Brc1cnc(N2CCOc3ccccc3C2)c(Br)c1. The van der Waals surface area contributed by atoms with Gasteiger partial charge in [-0.2, -0.15) is 0 Å². The first-order valence-electron chi connectivity index (χ1n) is 6.01. The summed E-state index contributed by atoms with van der Waals surface area (Å²) in [7, 11) is 0. The van der Waals surface area contributed by atoms with E-state index in [1.807, 2.05) is 30.5 Å². The number of aromatic nitrogens is 1. The van der Waals surface area contributed by atoms with E-state index in [9.17, 15) is 0 Å². The van der Waals surface area contributed by atoms with Gasteiger partial charge in [0.05, 0.1) is 11.0 Å². The molecule has 0 aliphatic carbocycles. The fourth-order valence-electron chi connectivity index (χ4n) is 2.15. The van der Waals surface area contributed by atoms with E-state index in [-0.39, 0.29) is 0 Å². The number of fused-ring (bicyclic) bond motifs is 1. The average molecular weight is 384 g/mol. The van der Waals surface area contributed by atoms with Gasteiger partial charge in [-0.3, -0.25) is 0 Å². The van der Waals surface area contributed by atoms with Crippen LogP contribution in [0.2, 0.25) is 0 Å². The number of hydrogen-bond donors (Lipinski definition) is 0. The Morgan fingerprint density at radius 3 is 2.89 bits per heavy atom. The molecule has 0 bridgehead atoms. The van der Waals surface area contributed by atoms with Gasteiger partial charge in [0, 0.05) is 22.8 Å². The molecule has 0 saturated carbocycles. The van der Waals surface area contributed by atoms with Crippen molar-refractivity contribution in [1.29, 1.82) is 0 Å². The van der Waals surface area contributed by atoms with E-state index < -0.39 is 0 Å². The molecule has 2 heterocycles. The summed E-state index contributed by atoms with van der Waals surface area (Å²) in [5, 5.41) is 0. The number of halogens is 2. The van der Waals surface area contributed by atoms with Crippen LogP contribution in [0.15, 0.2) is 45.5 Å². The Kier molecular flexibility index (Phi) is 3.75. The van der Waals surface area contributed by atoms with E-state index in [1.165, 1.54) is 5.56 Å². The number of pyridine rings is 1. The molecule has 1 aliphatic heterocycles. The van der Waals surface area contributed by atoms with Crippen molar-refractivity contribution in [2.75, 3.05) is 18.1 Å². The third-order valence-electron chi connectivity index (χ3n) is 3.04. The van der Waals surface area contributed by atoms with E-state index in [2.05, 4.69) is 47.8 Å². The first-order chi connectivity index (χ1) is 9.24. The summed E-state index contributed by atoms with van der Waals surface area (Å²) in [6.07, 6.45) is 1.82. The predicted molar refractivity (Wildman–Crippen MR) is 82.6 cm³/mol. The largest absolute Gasteiger partial charge is 0.491 e. The molecule has 19 heavy (non-hydrogen) atoms. The van der Waals surface area contributed by atoms with Crippen molar-refractivity contribution in [2.45, 2.75) is 6.54 Å². The van der Waals surface area contributed by atoms with Crippen LogP contribution in [0.25, 0.3) is 0 Å². The minimum absolute atomic E-state index is 0.668. The number of para-hydroxylation sites is 1. The lowest BCUT2D eigenvalue weighted by Crippen LogP contribution is -2.26. The van der Waals surface area contributed by atoms with Crippen molar-refractivity contribution in [3.63, 3.8) is 0 Å². The van der Waals surface area contributed by atoms with Gasteiger partial charge in [-0.15, -0.1) is 0 Å². The minimum atomic E-state index is 0.668. The van der Waals surface area contributed by atoms with Gasteiger partial charge < -0.3 is 9.64 Å². The van der Waals surface area contributed by atoms with Gasteiger partial charge in [0.2, 0.25) is 0 Å². The van der Waals surface area contributed by atoms with Crippen LogP contribution in [0.4, 0.5) is 5.82 Å². The van der Waals surface area contributed by atoms with Crippen molar-refractivity contribution < 1.29 is 4.74 Å². The van der Waals surface area contributed by atoms with Gasteiger partial charge in [-0.1, -0.05) is 18.2 Å². The van der Waals surface area contributed by atoms with Gasteiger partial charge >= 0.3 is 0 Å². The highest BCUT2D eigenvalue weighted by Gasteiger charge is 2.18. The smallest absolute Gasteiger partial charge is 0.143 e. The summed E-state index contributed by atoms with van der Waals surface area (Å²) in [4.78, 5) is 6.72. The quantitative estimate of drug-likeness (QED) is 0.743. The molecular weight excluding hydrogens is 372 g/mol. The standard InChI is InChI=1S/C14H12Br2N2O/c15-11-7-12(16)14(17-8-11)18-5-6-19-13-4-2-1-3-10(13)9-18/h1-4,7-8H,5-6,9H2. The monoisotopic (exact) mass is 382 g/mol. The minimum Gasteiger partial charge on any atom is -0.491 e. The molecule has 0 N–H and O–H groups in total. The number of hydrogen-bond acceptors (Lipinski definition) is 3. The lowest BCUT2D eigenvalue weighted by Gasteiger charge is -2.22. The zero-order valence-electron chi connectivity index (χ0n) is 10.1. The van der Waals surface area contributed by atoms with E-state index in [4.69, 9.17) is 4.74 Å². The lowest BCUT2D eigenvalue weighted by molar-refractivity contribution is 0.331. The van der Waals surface area contributed by atoms with Crippen LogP contribution in [0.1, 0.15) is 5.56 Å². The molecule has 0 amide bonds. The molecule has 0 fully saturated rings. The van der Waals surface area contributed by atoms with E-state index in [0.717, 1.165) is 33.6 Å². The summed E-state index contributed by atoms with van der Waals surface area (Å²) in [6.45, 7) is 2.30. The predicted octanol–water partition coefficient (Wildman–Crippen LogP) is 4.01. The second-order valence-electron chi connectivity index (χ2n) is 4.34. The molecule has 5 heteroatoms. The highest BCUT2D eigenvalue weighted by atomic mass is 79.9. The van der Waals surface area contributed by atoms with Crippen LogP contribution in [-0.2, 0) is 6.54 Å². The van der Waals surface area contributed by atoms with Crippen molar-refractivity contribution in [2.24, 2.45) is 0 Å². The second-order valence-corrected chi connectivity index (χ2v) is 6.11. The Hall–Kier alpha value is -1.07. The maximum atomic E-state index is 5.77. The van der Waals surface area contributed by atoms with E-state index in [1.54, 1.807) is 0 Å². The number of benzene rings is 1. The average Bonchev–Trinajstić information content (AvgIpc) is 2.60. The van der Waals surface area contributed by atoms with Crippen LogP contribution >= 0.6 is 31.9 Å². The summed E-state index contributed by atoms with van der Waals surface area (Å²) in [5.41, 5.74) is 1.19. The molecule has 1 aliphatic rings. The summed E-state index contributed by atoms with van der Waals surface area (Å²) in [6, 6.07) is 10.2. The Bertz CT molecular complexity index is 604. The molecule has 2 aromatic rings. The lowest BCUT2D eigenvalue weighted by atomic mass is 10.2. The maximum absolute atomic E-state index is 5.77. The summed E-state index contributed by atoms with van der Waals surface area (Å²) >= 11 is 7.00. The van der Waals surface area contributed by atoms with Gasteiger partial charge in [-0.25, -0.2) is 4.98 Å². The van der Waals surface area contributed by atoms with Crippen LogP contribution < -0.4 is 9.64 Å². The Morgan fingerprint density at radius 2 is 2.05 bits per heavy atom. The fourth-order valence-corrected chi connectivity index (χ4v) is 3.38. The normalized spacial score (nSPS) is 14.5. The van der Waals surface area contributed by atoms with Gasteiger partial charge in [0.15, 0.2) is 0 Å². The summed E-state index contributed by atoms with van der Waals surface area (Å²) in [5.74, 6) is 1.92. The highest BCUT2D eigenvalue weighted by molar-refractivity contribution is 9.11. The van der Waals surface area contributed by atoms with Crippen LogP contribution in [0.5, 0.6) is 5.75 Å². The molecule has 0 unspecified atom stereocenters. The number of ether oxygens (including phenoxy) is 1. The Morgan fingerprint density at radius 1 is 1.21 bits per heavy atom. The number of nitrogens with zero attached hydrogens (tertiary/aromatic N) is 2. The van der Waals surface area contributed by atoms with Gasteiger partial charge in [0.1, 0.15) is 18.2 Å². The molecule has 1 aromatic carbocycles. The first-order valence-corrected chi connectivity index (χ1v) is 7.59. The Balaban J connectivity index is 1.94. The van der Waals surface area contributed by atoms with Crippen molar-refractivity contribution in [1.82, 2.24) is 4.98 Å². The molecule has 0 spiro atoms. The molecule has 98 valence electrons. The van der Waals surface area contributed by atoms with Crippen molar-refractivity contribution in [3.05, 3.63) is 51.0 Å². The fraction of sp³-hybridized carbons (Fsp3) is 0.214. The maximum Gasteiger partial charge on any atom is 0.143 e. The zero-order valence-corrected chi connectivity index (χ0v) is 13.3. The van der Waals surface area contributed by atoms with Crippen LogP contribution in [0.3, 0.4) is 0 Å². The topological polar surface area (TPSA) is 25.4 Å². The highest BCUT2D eigenvalue weighted by Crippen LogP contribution is 2.30. The number of rotatable bonds is 1. The third-order valence-corrected chi connectivity index (χ3v) is 4.06. The molecule has 0 atom stereocenters. The molecular formula is C14H12Br2N2O. The van der Waals surface area contributed by atoms with Crippen molar-refractivity contribution in [3.8, 4) is 5.75 Å². The first kappa shape index (κ1) is 12.9. The van der Waals surface area contributed by atoms with E-state index >= 15 is 0 Å². The third kappa shape index (κ3) is 2.77. The van der Waals surface area contributed by atoms with Gasteiger partial charge in [0.25, 0.3) is 0 Å². The molecule has 3 rings (SSSR count). The van der Waals surface area contributed by atoms with Gasteiger partial charge in [-0.05, 0) is 44.0 Å². The Labute approximate surface area is 128 Å². The zero-order chi connectivity index (χ0) is 13.2. The second kappa shape index (κ2) is 5.51.